The Bertz CT molecular complexity index is 365. The Labute approximate surface area is 104 Å². The van der Waals surface area contributed by atoms with E-state index in [1.807, 2.05) is 6.20 Å². The first-order valence-electron chi connectivity index (χ1n) is 5.93. The maximum atomic E-state index is 4.51. The van der Waals surface area contributed by atoms with Crippen LogP contribution in [0.2, 0.25) is 0 Å². The molecule has 16 heavy (non-hydrogen) atoms. The molecular weight excluding hydrogens is 266 g/mol. The summed E-state index contributed by atoms with van der Waals surface area (Å²) in [5, 5.41) is 3.50. The highest BCUT2D eigenvalue weighted by molar-refractivity contribution is 9.10. The second-order valence-corrected chi connectivity index (χ2v) is 5.57. The summed E-state index contributed by atoms with van der Waals surface area (Å²) in [6.45, 7) is 3.44. The van der Waals surface area contributed by atoms with Crippen LogP contribution in [0.5, 0.6) is 0 Å². The number of nitrogens with one attached hydrogen (secondary N) is 1. The van der Waals surface area contributed by atoms with Crippen molar-refractivity contribution in [1.82, 2.24) is 10.3 Å². The minimum Gasteiger partial charge on any atom is -0.352 e. The van der Waals surface area contributed by atoms with Crippen LogP contribution in [0.3, 0.4) is 0 Å². The lowest BCUT2D eigenvalue weighted by Gasteiger charge is -2.37. The van der Waals surface area contributed by atoms with Gasteiger partial charge >= 0.3 is 0 Å². The fourth-order valence-corrected chi connectivity index (χ4v) is 3.12. The monoisotopic (exact) mass is 281 g/mol. The van der Waals surface area contributed by atoms with E-state index in [0.29, 0.717) is 6.04 Å². The van der Waals surface area contributed by atoms with Crippen LogP contribution >= 0.6 is 15.9 Å². The second-order valence-electron chi connectivity index (χ2n) is 4.66. The minimum atomic E-state index is 0.655. The summed E-state index contributed by atoms with van der Waals surface area (Å²) in [7, 11) is 0. The zero-order valence-corrected chi connectivity index (χ0v) is 10.8. The highest BCUT2D eigenvalue weighted by atomic mass is 79.9. The maximum Gasteiger partial charge on any atom is 0.128 e. The quantitative estimate of drug-likeness (QED) is 0.854. The average molecular weight is 282 g/mol. The standard InChI is InChI=1S/C12H16BrN3/c13-10-3-4-12(15-7-10)16-5-1-2-9-6-14-8-11(9)16/h3-4,7,9,11,14H,1-2,5-6,8H2. The Hall–Kier alpha value is -0.610. The Morgan fingerprint density at radius 3 is 3.12 bits per heavy atom. The number of rotatable bonds is 1. The number of hydrogen-bond donors (Lipinski definition) is 1. The molecule has 0 amide bonds. The molecule has 1 aromatic heterocycles. The summed E-state index contributed by atoms with van der Waals surface area (Å²) in [4.78, 5) is 6.99. The number of aromatic nitrogens is 1. The fraction of sp³-hybridized carbons (Fsp3) is 0.583. The Morgan fingerprint density at radius 1 is 1.38 bits per heavy atom. The number of halogens is 1. The number of fused-ring (bicyclic) bond motifs is 1. The predicted octanol–water partition coefficient (Wildman–Crippen LogP) is 2.03. The first kappa shape index (κ1) is 10.5. The molecule has 2 fully saturated rings. The van der Waals surface area contributed by atoms with Crippen LogP contribution in [0.15, 0.2) is 22.8 Å². The van der Waals surface area contributed by atoms with Gasteiger partial charge in [-0.05, 0) is 46.8 Å². The minimum absolute atomic E-state index is 0.655. The molecule has 86 valence electrons. The maximum absolute atomic E-state index is 4.51. The largest absolute Gasteiger partial charge is 0.352 e. The fourth-order valence-electron chi connectivity index (χ4n) is 2.89. The van der Waals surface area contributed by atoms with E-state index in [4.69, 9.17) is 0 Å². The van der Waals surface area contributed by atoms with Crippen molar-refractivity contribution in [3.8, 4) is 0 Å². The Morgan fingerprint density at radius 2 is 2.31 bits per heavy atom. The summed E-state index contributed by atoms with van der Waals surface area (Å²) in [6.07, 6.45) is 4.55. The number of piperidine rings is 1. The molecule has 3 nitrogen and oxygen atoms in total. The van der Waals surface area contributed by atoms with E-state index < -0.39 is 0 Å². The van der Waals surface area contributed by atoms with E-state index in [1.165, 1.54) is 19.4 Å². The zero-order chi connectivity index (χ0) is 11.0. The third-order valence-corrected chi connectivity index (χ3v) is 4.15. The molecule has 0 aliphatic carbocycles. The van der Waals surface area contributed by atoms with Crippen molar-refractivity contribution in [2.45, 2.75) is 18.9 Å². The smallest absolute Gasteiger partial charge is 0.128 e. The molecule has 3 heterocycles. The second kappa shape index (κ2) is 4.34. The molecule has 1 aromatic rings. The zero-order valence-electron chi connectivity index (χ0n) is 9.19. The van der Waals surface area contributed by atoms with E-state index in [2.05, 4.69) is 43.3 Å². The Kier molecular flexibility index (Phi) is 2.86. The predicted molar refractivity (Wildman–Crippen MR) is 68.7 cm³/mol. The molecule has 3 rings (SSSR count). The first-order chi connectivity index (χ1) is 7.84. The SMILES string of the molecule is Brc1ccc(N2CCCC3CNCC32)nc1. The lowest BCUT2D eigenvalue weighted by Crippen LogP contribution is -2.45. The van der Waals surface area contributed by atoms with Crippen molar-refractivity contribution < 1.29 is 0 Å². The highest BCUT2D eigenvalue weighted by Crippen LogP contribution is 2.30. The van der Waals surface area contributed by atoms with Crippen LogP contribution in [-0.4, -0.2) is 30.7 Å². The number of nitrogens with zero attached hydrogens (tertiary/aromatic N) is 2. The third kappa shape index (κ3) is 1.84. The summed E-state index contributed by atoms with van der Waals surface area (Å²) in [5.74, 6) is 1.95. The normalized spacial score (nSPS) is 29.2. The van der Waals surface area contributed by atoms with Crippen LogP contribution in [0.4, 0.5) is 5.82 Å². The molecule has 0 bridgehead atoms. The summed E-state index contributed by atoms with van der Waals surface area (Å²) >= 11 is 3.43. The van der Waals surface area contributed by atoms with Gasteiger partial charge in [-0.3, -0.25) is 0 Å². The van der Waals surface area contributed by atoms with Gasteiger partial charge in [0.25, 0.3) is 0 Å². The molecule has 0 aromatic carbocycles. The van der Waals surface area contributed by atoms with Crippen molar-refractivity contribution in [3.05, 3.63) is 22.8 Å². The van der Waals surface area contributed by atoms with E-state index >= 15 is 0 Å². The van der Waals surface area contributed by atoms with Crippen molar-refractivity contribution >= 4 is 21.7 Å². The molecule has 0 spiro atoms. The van der Waals surface area contributed by atoms with Gasteiger partial charge in [-0.25, -0.2) is 4.98 Å². The third-order valence-electron chi connectivity index (χ3n) is 3.68. The molecule has 2 aliphatic rings. The highest BCUT2D eigenvalue weighted by Gasteiger charge is 2.35. The van der Waals surface area contributed by atoms with Crippen LogP contribution in [-0.2, 0) is 0 Å². The molecular formula is C12H16BrN3. The lowest BCUT2D eigenvalue weighted by molar-refractivity contribution is 0.383. The van der Waals surface area contributed by atoms with Gasteiger partial charge in [-0.15, -0.1) is 0 Å². The van der Waals surface area contributed by atoms with Gasteiger partial charge in [0.05, 0.1) is 0 Å². The average Bonchev–Trinajstić information content (AvgIpc) is 2.78. The van der Waals surface area contributed by atoms with Gasteiger partial charge in [0, 0.05) is 36.3 Å². The molecule has 1 N–H and O–H groups in total. The van der Waals surface area contributed by atoms with Crippen molar-refractivity contribution in [1.29, 1.82) is 0 Å². The van der Waals surface area contributed by atoms with Gasteiger partial charge in [-0.2, -0.15) is 0 Å². The van der Waals surface area contributed by atoms with Crippen LogP contribution in [0.25, 0.3) is 0 Å². The molecule has 0 saturated carbocycles. The molecule has 4 heteroatoms. The topological polar surface area (TPSA) is 28.2 Å². The van der Waals surface area contributed by atoms with Gasteiger partial charge in [0.15, 0.2) is 0 Å². The van der Waals surface area contributed by atoms with E-state index in [9.17, 15) is 0 Å². The van der Waals surface area contributed by atoms with E-state index in [0.717, 1.165) is 29.3 Å². The summed E-state index contributed by atoms with van der Waals surface area (Å²) in [6, 6.07) is 4.85. The number of pyridine rings is 1. The molecule has 2 atom stereocenters. The van der Waals surface area contributed by atoms with Gasteiger partial charge in [0.2, 0.25) is 0 Å². The van der Waals surface area contributed by atoms with Crippen LogP contribution in [0.1, 0.15) is 12.8 Å². The summed E-state index contributed by atoms with van der Waals surface area (Å²) in [5.41, 5.74) is 0. The molecule has 0 radical (unpaired) electrons. The van der Waals surface area contributed by atoms with Crippen molar-refractivity contribution in [3.63, 3.8) is 0 Å². The summed E-state index contributed by atoms with van der Waals surface area (Å²) < 4.78 is 1.05. The van der Waals surface area contributed by atoms with Gasteiger partial charge < -0.3 is 10.2 Å². The molecule has 2 aliphatic heterocycles. The van der Waals surface area contributed by atoms with Crippen LogP contribution < -0.4 is 10.2 Å². The van der Waals surface area contributed by atoms with Crippen molar-refractivity contribution in [2.24, 2.45) is 5.92 Å². The lowest BCUT2D eigenvalue weighted by atomic mass is 9.92. The van der Waals surface area contributed by atoms with Crippen molar-refractivity contribution in [2.75, 3.05) is 24.5 Å². The van der Waals surface area contributed by atoms with E-state index in [-0.39, 0.29) is 0 Å². The van der Waals surface area contributed by atoms with Gasteiger partial charge in [0.1, 0.15) is 5.82 Å². The first-order valence-corrected chi connectivity index (χ1v) is 6.73. The number of hydrogen-bond acceptors (Lipinski definition) is 3. The Balaban J connectivity index is 1.85. The van der Waals surface area contributed by atoms with Crippen LogP contribution in [0, 0.1) is 5.92 Å². The van der Waals surface area contributed by atoms with Gasteiger partial charge in [-0.1, -0.05) is 0 Å². The number of anilines is 1. The molecule has 2 unspecified atom stereocenters. The van der Waals surface area contributed by atoms with E-state index in [1.54, 1.807) is 0 Å². The molecule has 2 saturated heterocycles.